The highest BCUT2D eigenvalue weighted by atomic mass is 16.5. The van der Waals surface area contributed by atoms with Crippen molar-refractivity contribution in [1.29, 1.82) is 0 Å². The van der Waals surface area contributed by atoms with Gasteiger partial charge in [-0.05, 0) is 76.0 Å². The Hall–Kier alpha value is -2.09. The van der Waals surface area contributed by atoms with E-state index in [4.69, 9.17) is 9.47 Å². The summed E-state index contributed by atoms with van der Waals surface area (Å²) in [5.74, 6) is 1.37. The molecule has 0 saturated carbocycles. The van der Waals surface area contributed by atoms with E-state index >= 15 is 0 Å². The van der Waals surface area contributed by atoms with Crippen LogP contribution in [0.3, 0.4) is 0 Å². The van der Waals surface area contributed by atoms with Gasteiger partial charge in [0.05, 0.1) is 12.8 Å². The minimum absolute atomic E-state index is 0.267. The van der Waals surface area contributed by atoms with Crippen LogP contribution < -0.4 is 14.8 Å². The summed E-state index contributed by atoms with van der Waals surface area (Å²) in [5, 5.41) is 21.1. The van der Waals surface area contributed by atoms with Gasteiger partial charge in [-0.25, -0.2) is 0 Å². The third-order valence-electron chi connectivity index (χ3n) is 5.74. The van der Waals surface area contributed by atoms with Gasteiger partial charge in [0.15, 0.2) is 11.5 Å². The molecule has 3 rings (SSSR count). The lowest BCUT2D eigenvalue weighted by Gasteiger charge is -2.28. The molecule has 0 radical (unpaired) electrons. The molecule has 1 aliphatic heterocycles. The zero-order valence-corrected chi connectivity index (χ0v) is 18.5. The van der Waals surface area contributed by atoms with Crippen LogP contribution in [-0.4, -0.2) is 66.2 Å². The smallest absolute Gasteiger partial charge is 0.161 e. The molecule has 1 unspecified atom stereocenters. The fourth-order valence-electron chi connectivity index (χ4n) is 4.01. The van der Waals surface area contributed by atoms with Gasteiger partial charge in [-0.15, -0.1) is 0 Å². The number of aryl methyl sites for hydroxylation is 2. The quantitative estimate of drug-likeness (QED) is 0.489. The first-order valence-corrected chi connectivity index (χ1v) is 11.0. The number of methoxy groups -OCH3 is 1. The van der Waals surface area contributed by atoms with Crippen molar-refractivity contribution in [3.05, 3.63) is 40.7 Å². The molecule has 2 aromatic rings. The van der Waals surface area contributed by atoms with Crippen molar-refractivity contribution >= 4 is 0 Å². The van der Waals surface area contributed by atoms with Crippen LogP contribution in [0.5, 0.6) is 11.5 Å². The lowest BCUT2D eigenvalue weighted by Crippen LogP contribution is -2.38. The van der Waals surface area contributed by atoms with Crippen molar-refractivity contribution in [1.82, 2.24) is 20.4 Å². The Balaban J connectivity index is 1.47. The zero-order chi connectivity index (χ0) is 21.3. The van der Waals surface area contributed by atoms with Crippen molar-refractivity contribution in [2.24, 2.45) is 0 Å². The van der Waals surface area contributed by atoms with Crippen LogP contribution in [0.15, 0.2) is 18.2 Å². The van der Waals surface area contributed by atoms with Crippen LogP contribution in [0, 0.1) is 13.8 Å². The number of likely N-dealkylation sites (tertiary alicyclic amines) is 1. The van der Waals surface area contributed by atoms with Gasteiger partial charge in [-0.2, -0.15) is 5.10 Å². The second-order valence-electron chi connectivity index (χ2n) is 8.15. The topological polar surface area (TPSA) is 82.6 Å². The van der Waals surface area contributed by atoms with Crippen molar-refractivity contribution in [3.63, 3.8) is 0 Å². The van der Waals surface area contributed by atoms with Gasteiger partial charge in [0.2, 0.25) is 0 Å². The summed E-state index contributed by atoms with van der Waals surface area (Å²) in [6, 6.07) is 5.96. The summed E-state index contributed by atoms with van der Waals surface area (Å²) in [4.78, 5) is 2.32. The lowest BCUT2D eigenvalue weighted by atomic mass is 10.1. The number of piperidine rings is 1. The fraction of sp³-hybridized carbons (Fsp3) is 0.609. The van der Waals surface area contributed by atoms with E-state index in [9.17, 15) is 5.11 Å². The Morgan fingerprint density at radius 1 is 1.20 bits per heavy atom. The Morgan fingerprint density at radius 2 is 2.00 bits per heavy atom. The number of ether oxygens (including phenoxy) is 2. The minimum atomic E-state index is -0.504. The van der Waals surface area contributed by atoms with Crippen molar-refractivity contribution in [3.8, 4) is 11.5 Å². The molecule has 1 fully saturated rings. The number of aliphatic hydroxyl groups is 1. The van der Waals surface area contributed by atoms with Gasteiger partial charge >= 0.3 is 0 Å². The number of rotatable bonds is 11. The van der Waals surface area contributed by atoms with Crippen LogP contribution in [-0.2, 0) is 13.0 Å². The molecule has 166 valence electrons. The SMILES string of the molecule is COc1ccc(CNCCc2c(C)n[nH]c2C)cc1OCC(O)CN1CCCCC1. The molecule has 30 heavy (non-hydrogen) atoms. The molecule has 1 saturated heterocycles. The summed E-state index contributed by atoms with van der Waals surface area (Å²) in [5.41, 5.74) is 4.61. The first kappa shape index (κ1) is 22.6. The summed E-state index contributed by atoms with van der Waals surface area (Å²) < 4.78 is 11.4. The number of aromatic nitrogens is 2. The van der Waals surface area contributed by atoms with E-state index in [0.717, 1.165) is 49.6 Å². The van der Waals surface area contributed by atoms with Crippen LogP contribution in [0.4, 0.5) is 0 Å². The third-order valence-corrected chi connectivity index (χ3v) is 5.74. The van der Waals surface area contributed by atoms with E-state index in [2.05, 4.69) is 27.3 Å². The molecule has 0 bridgehead atoms. The normalized spacial score (nSPS) is 15.9. The van der Waals surface area contributed by atoms with Crippen molar-refractivity contribution < 1.29 is 14.6 Å². The molecule has 1 aliphatic rings. The maximum absolute atomic E-state index is 10.4. The highest BCUT2D eigenvalue weighted by Gasteiger charge is 2.16. The van der Waals surface area contributed by atoms with Gasteiger partial charge in [0, 0.05) is 18.8 Å². The number of H-pyrrole nitrogens is 1. The summed E-state index contributed by atoms with van der Waals surface area (Å²) in [7, 11) is 1.64. The third kappa shape index (κ3) is 6.45. The summed E-state index contributed by atoms with van der Waals surface area (Å²) in [6.45, 7) is 8.77. The van der Waals surface area contributed by atoms with Crippen LogP contribution in [0.2, 0.25) is 0 Å². The molecule has 1 aromatic carbocycles. The van der Waals surface area contributed by atoms with Gasteiger partial charge < -0.3 is 24.8 Å². The number of benzene rings is 1. The number of hydrogen-bond donors (Lipinski definition) is 3. The van der Waals surface area contributed by atoms with E-state index in [1.54, 1.807) is 7.11 Å². The number of nitrogens with one attached hydrogen (secondary N) is 2. The number of β-amino-alcohol motifs (C(OH)–C–C–N with tert-alkyl or cyclic N) is 1. The Kier molecular flexibility index (Phi) is 8.54. The molecule has 0 amide bonds. The number of hydrogen-bond acceptors (Lipinski definition) is 6. The van der Waals surface area contributed by atoms with Gasteiger partial charge in [0.1, 0.15) is 12.7 Å². The number of nitrogens with zero attached hydrogens (tertiary/aromatic N) is 2. The maximum atomic E-state index is 10.4. The molecule has 0 spiro atoms. The summed E-state index contributed by atoms with van der Waals surface area (Å²) >= 11 is 0. The van der Waals surface area contributed by atoms with Gasteiger partial charge in [0.25, 0.3) is 0 Å². The highest BCUT2D eigenvalue weighted by molar-refractivity contribution is 5.43. The molecule has 1 atom stereocenters. The number of aliphatic hydroxyl groups excluding tert-OH is 1. The van der Waals surface area contributed by atoms with Crippen LogP contribution in [0.1, 0.15) is 41.8 Å². The second-order valence-corrected chi connectivity index (χ2v) is 8.15. The molecular formula is C23H36N4O3. The van der Waals surface area contributed by atoms with Crippen molar-refractivity contribution in [2.75, 3.05) is 39.9 Å². The monoisotopic (exact) mass is 416 g/mol. The molecule has 0 aliphatic carbocycles. The first-order valence-electron chi connectivity index (χ1n) is 11.0. The van der Waals surface area contributed by atoms with E-state index in [1.807, 2.05) is 25.1 Å². The van der Waals surface area contributed by atoms with E-state index < -0.39 is 6.10 Å². The first-order chi connectivity index (χ1) is 14.6. The van der Waals surface area contributed by atoms with Gasteiger partial charge in [-0.3, -0.25) is 5.10 Å². The zero-order valence-electron chi connectivity index (χ0n) is 18.5. The van der Waals surface area contributed by atoms with E-state index in [0.29, 0.717) is 18.0 Å². The van der Waals surface area contributed by atoms with Crippen LogP contribution >= 0.6 is 0 Å². The predicted molar refractivity (Wildman–Crippen MR) is 118 cm³/mol. The standard InChI is InChI=1S/C23H36N4O3/c1-17-21(18(2)26-25-17)9-10-24-14-19-7-8-22(29-3)23(13-19)30-16-20(28)15-27-11-5-4-6-12-27/h7-8,13,20,24,28H,4-6,9-12,14-16H2,1-3H3,(H,25,26). The van der Waals surface area contributed by atoms with Crippen molar-refractivity contribution in [2.45, 2.75) is 52.2 Å². The van der Waals surface area contributed by atoms with E-state index in [-0.39, 0.29) is 6.61 Å². The van der Waals surface area contributed by atoms with Crippen LogP contribution in [0.25, 0.3) is 0 Å². The fourth-order valence-corrected chi connectivity index (χ4v) is 4.01. The minimum Gasteiger partial charge on any atom is -0.493 e. The largest absolute Gasteiger partial charge is 0.493 e. The highest BCUT2D eigenvalue weighted by Crippen LogP contribution is 2.28. The Bertz CT molecular complexity index is 767. The molecule has 7 nitrogen and oxygen atoms in total. The molecule has 3 N–H and O–H groups in total. The molecular weight excluding hydrogens is 380 g/mol. The molecule has 1 aromatic heterocycles. The molecule has 7 heteroatoms. The average molecular weight is 417 g/mol. The average Bonchev–Trinajstić information content (AvgIpc) is 3.08. The maximum Gasteiger partial charge on any atom is 0.161 e. The Labute approximate surface area is 179 Å². The molecule has 2 heterocycles. The second kappa shape index (κ2) is 11.3. The summed E-state index contributed by atoms with van der Waals surface area (Å²) in [6.07, 6.45) is 4.17. The predicted octanol–water partition coefficient (Wildman–Crippen LogP) is 2.59. The van der Waals surface area contributed by atoms with Gasteiger partial charge in [-0.1, -0.05) is 12.5 Å². The lowest BCUT2D eigenvalue weighted by molar-refractivity contribution is 0.0608. The number of aromatic amines is 1. The Morgan fingerprint density at radius 3 is 2.70 bits per heavy atom. The van der Waals surface area contributed by atoms with E-state index in [1.165, 1.54) is 24.8 Å².